The van der Waals surface area contributed by atoms with Gasteiger partial charge in [0, 0.05) is 33.1 Å². The molecule has 6 nitrogen and oxygen atoms in total. The number of hydrogen-bond acceptors (Lipinski definition) is 4. The van der Waals surface area contributed by atoms with Crippen LogP contribution in [-0.2, 0) is 16.1 Å². The van der Waals surface area contributed by atoms with Gasteiger partial charge >= 0.3 is 5.97 Å². The van der Waals surface area contributed by atoms with Crippen molar-refractivity contribution >= 4 is 11.9 Å². The summed E-state index contributed by atoms with van der Waals surface area (Å²) in [6.07, 6.45) is 1.55. The van der Waals surface area contributed by atoms with Crippen molar-refractivity contribution in [2.75, 3.05) is 27.2 Å². The number of nitrogens with zero attached hydrogens (tertiary/aromatic N) is 2. The average Bonchev–Trinajstić information content (AvgIpc) is 2.83. The first-order valence-electron chi connectivity index (χ1n) is 8.31. The molecule has 6 heteroatoms. The summed E-state index contributed by atoms with van der Waals surface area (Å²) < 4.78 is 5.17. The zero-order chi connectivity index (χ0) is 17.3. The fourth-order valence-electron chi connectivity index (χ4n) is 4.07. The zero-order valence-corrected chi connectivity index (χ0v) is 14.2. The molecule has 2 fully saturated rings. The smallest absolute Gasteiger partial charge is 0.309 e. The Morgan fingerprint density at radius 1 is 1.29 bits per heavy atom. The van der Waals surface area contributed by atoms with Crippen LogP contribution in [0.4, 0.5) is 0 Å². The maximum atomic E-state index is 12.0. The second-order valence-corrected chi connectivity index (χ2v) is 6.78. The number of carboxylic acids is 1. The van der Waals surface area contributed by atoms with E-state index in [4.69, 9.17) is 4.74 Å². The summed E-state index contributed by atoms with van der Waals surface area (Å²) in [5.41, 5.74) is 0.691. The lowest BCUT2D eigenvalue weighted by molar-refractivity contribution is -0.146. The maximum Gasteiger partial charge on any atom is 0.309 e. The number of carbonyl (C=O) groups excluding carboxylic acids is 1. The van der Waals surface area contributed by atoms with E-state index in [1.807, 2.05) is 12.1 Å². The second kappa shape index (κ2) is 6.43. The molecule has 24 heavy (non-hydrogen) atoms. The van der Waals surface area contributed by atoms with E-state index in [1.54, 1.807) is 19.1 Å². The van der Waals surface area contributed by atoms with Crippen LogP contribution in [0, 0.1) is 5.92 Å². The van der Waals surface area contributed by atoms with Gasteiger partial charge in [0.05, 0.1) is 18.6 Å². The average molecular weight is 332 g/mol. The summed E-state index contributed by atoms with van der Waals surface area (Å²) in [6, 6.07) is 8.00. The largest absolute Gasteiger partial charge is 0.497 e. The van der Waals surface area contributed by atoms with Crippen molar-refractivity contribution in [2.45, 2.75) is 31.3 Å². The van der Waals surface area contributed by atoms with E-state index in [9.17, 15) is 14.7 Å². The standard InChI is InChI=1S/C18H24N2O4/c1-19-16(21)11-15(17(22)23)18(19)7-9-20(10-8-18)12-13-3-5-14(24-2)6-4-13/h3-6,15H,7-12H2,1-2H3,(H,22,23)/t15-/m1/s1. The number of likely N-dealkylation sites (tertiary alicyclic amines) is 2. The van der Waals surface area contributed by atoms with E-state index in [2.05, 4.69) is 17.0 Å². The van der Waals surface area contributed by atoms with E-state index in [0.717, 1.165) is 25.4 Å². The molecule has 1 N–H and O–H groups in total. The summed E-state index contributed by atoms with van der Waals surface area (Å²) in [5, 5.41) is 9.51. The van der Waals surface area contributed by atoms with Gasteiger partial charge in [0.15, 0.2) is 0 Å². The van der Waals surface area contributed by atoms with E-state index in [0.29, 0.717) is 12.8 Å². The Morgan fingerprint density at radius 2 is 1.92 bits per heavy atom. The van der Waals surface area contributed by atoms with Gasteiger partial charge in [0.2, 0.25) is 5.91 Å². The van der Waals surface area contributed by atoms with Crippen LogP contribution in [0.25, 0.3) is 0 Å². The molecule has 3 rings (SSSR count). The van der Waals surface area contributed by atoms with Gasteiger partial charge in [-0.2, -0.15) is 0 Å². The molecule has 130 valence electrons. The first kappa shape index (κ1) is 16.8. The molecule has 2 heterocycles. The number of carbonyl (C=O) groups is 2. The van der Waals surface area contributed by atoms with Gasteiger partial charge in [0.1, 0.15) is 5.75 Å². The zero-order valence-electron chi connectivity index (χ0n) is 14.2. The number of rotatable bonds is 4. The van der Waals surface area contributed by atoms with E-state index in [1.165, 1.54) is 5.56 Å². The van der Waals surface area contributed by atoms with Crippen molar-refractivity contribution in [3.05, 3.63) is 29.8 Å². The fraction of sp³-hybridized carbons (Fsp3) is 0.556. The third-order valence-corrected chi connectivity index (χ3v) is 5.65. The molecule has 0 aromatic heterocycles. The van der Waals surface area contributed by atoms with Gasteiger partial charge in [-0.15, -0.1) is 0 Å². The minimum absolute atomic E-state index is 0.0500. The number of carboxylic acid groups (broad SMARTS) is 1. The van der Waals surface area contributed by atoms with Crippen LogP contribution in [0.3, 0.4) is 0 Å². The molecule has 1 atom stereocenters. The quantitative estimate of drug-likeness (QED) is 0.907. The van der Waals surface area contributed by atoms with Crippen LogP contribution in [-0.4, -0.2) is 59.6 Å². The van der Waals surface area contributed by atoms with E-state index in [-0.39, 0.29) is 12.3 Å². The van der Waals surface area contributed by atoms with Crippen molar-refractivity contribution in [3.63, 3.8) is 0 Å². The molecule has 1 aromatic carbocycles. The molecule has 1 aromatic rings. The number of aliphatic carboxylic acids is 1. The Kier molecular flexibility index (Phi) is 4.49. The van der Waals surface area contributed by atoms with Crippen LogP contribution in [0.1, 0.15) is 24.8 Å². The molecule has 2 aliphatic heterocycles. The van der Waals surface area contributed by atoms with Gasteiger partial charge in [-0.25, -0.2) is 0 Å². The van der Waals surface area contributed by atoms with Gasteiger partial charge < -0.3 is 14.7 Å². The lowest BCUT2D eigenvalue weighted by Crippen LogP contribution is -2.55. The Balaban J connectivity index is 1.66. The Labute approximate surface area is 142 Å². The van der Waals surface area contributed by atoms with E-state index >= 15 is 0 Å². The molecule has 0 bridgehead atoms. The highest BCUT2D eigenvalue weighted by Crippen LogP contribution is 2.43. The second-order valence-electron chi connectivity index (χ2n) is 6.78. The highest BCUT2D eigenvalue weighted by Gasteiger charge is 2.55. The highest BCUT2D eigenvalue weighted by atomic mass is 16.5. The predicted octanol–water partition coefficient (Wildman–Crippen LogP) is 1.59. The number of ether oxygens (including phenoxy) is 1. The minimum Gasteiger partial charge on any atom is -0.497 e. The van der Waals surface area contributed by atoms with Gasteiger partial charge in [0.25, 0.3) is 0 Å². The molecule has 0 saturated carbocycles. The predicted molar refractivity (Wildman–Crippen MR) is 88.7 cm³/mol. The molecule has 2 aliphatic rings. The summed E-state index contributed by atoms with van der Waals surface area (Å²) >= 11 is 0. The third kappa shape index (κ3) is 2.86. The lowest BCUT2D eigenvalue weighted by atomic mass is 9.77. The highest BCUT2D eigenvalue weighted by molar-refractivity contribution is 5.88. The van der Waals surface area contributed by atoms with Crippen LogP contribution in [0.15, 0.2) is 24.3 Å². The summed E-state index contributed by atoms with van der Waals surface area (Å²) in [6.45, 7) is 2.43. The Morgan fingerprint density at radius 3 is 2.46 bits per heavy atom. The molecular formula is C18H24N2O4. The number of piperidine rings is 1. The Hall–Kier alpha value is -2.08. The van der Waals surface area contributed by atoms with Crippen LogP contribution >= 0.6 is 0 Å². The van der Waals surface area contributed by atoms with Crippen LogP contribution in [0.2, 0.25) is 0 Å². The van der Waals surface area contributed by atoms with Crippen LogP contribution < -0.4 is 4.74 Å². The topological polar surface area (TPSA) is 70.1 Å². The monoisotopic (exact) mass is 332 g/mol. The minimum atomic E-state index is -0.851. The first-order valence-corrected chi connectivity index (χ1v) is 8.31. The van der Waals surface area contributed by atoms with Crippen molar-refractivity contribution in [3.8, 4) is 5.75 Å². The number of amides is 1. The maximum absolute atomic E-state index is 12.0. The fourth-order valence-corrected chi connectivity index (χ4v) is 4.07. The molecule has 1 spiro atoms. The van der Waals surface area contributed by atoms with Gasteiger partial charge in [-0.05, 0) is 30.5 Å². The molecule has 1 amide bonds. The van der Waals surface area contributed by atoms with Crippen molar-refractivity contribution < 1.29 is 19.4 Å². The van der Waals surface area contributed by atoms with E-state index < -0.39 is 17.4 Å². The Bertz CT molecular complexity index is 620. The summed E-state index contributed by atoms with van der Waals surface area (Å²) in [4.78, 5) is 27.6. The van der Waals surface area contributed by atoms with Crippen molar-refractivity contribution in [1.29, 1.82) is 0 Å². The molecular weight excluding hydrogens is 308 g/mol. The lowest BCUT2D eigenvalue weighted by Gasteiger charge is -2.45. The van der Waals surface area contributed by atoms with Crippen LogP contribution in [0.5, 0.6) is 5.75 Å². The number of methoxy groups -OCH3 is 1. The van der Waals surface area contributed by atoms with Crippen molar-refractivity contribution in [1.82, 2.24) is 9.80 Å². The number of hydrogen-bond donors (Lipinski definition) is 1. The summed E-state index contributed by atoms with van der Waals surface area (Å²) in [5.74, 6) is -0.646. The molecule has 0 aliphatic carbocycles. The first-order chi connectivity index (χ1) is 11.5. The molecule has 0 unspecified atom stereocenters. The number of benzene rings is 1. The molecule has 0 radical (unpaired) electrons. The third-order valence-electron chi connectivity index (χ3n) is 5.65. The molecule has 2 saturated heterocycles. The summed E-state index contributed by atoms with van der Waals surface area (Å²) in [7, 11) is 3.40. The van der Waals surface area contributed by atoms with Crippen molar-refractivity contribution in [2.24, 2.45) is 5.92 Å². The normalized spacial score (nSPS) is 23.7. The van der Waals surface area contributed by atoms with Gasteiger partial charge in [-0.3, -0.25) is 14.5 Å². The SMILES string of the molecule is COc1ccc(CN2CCC3(CC2)[C@@H](C(=O)O)CC(=O)N3C)cc1. The van der Waals surface area contributed by atoms with Gasteiger partial charge in [-0.1, -0.05) is 12.1 Å².